The second-order valence-corrected chi connectivity index (χ2v) is 5.29. The van der Waals surface area contributed by atoms with E-state index in [4.69, 9.17) is 4.74 Å². The molecule has 0 atom stereocenters. The molecule has 0 aromatic heterocycles. The molecule has 118 valence electrons. The monoisotopic (exact) mass is 298 g/mol. The van der Waals surface area contributed by atoms with Crippen LogP contribution in [0.4, 0.5) is 5.69 Å². The lowest BCUT2D eigenvalue weighted by Gasteiger charge is -2.10. The number of nitrogens with one attached hydrogen (secondary N) is 2. The van der Waals surface area contributed by atoms with Crippen molar-refractivity contribution in [2.75, 3.05) is 31.6 Å². The zero-order valence-electron chi connectivity index (χ0n) is 13.3. The number of anilines is 1. The fraction of sp³-hybridized carbons (Fsp3) is 0.368. The Morgan fingerprint density at radius 1 is 0.909 bits per heavy atom. The van der Waals surface area contributed by atoms with Gasteiger partial charge in [0, 0.05) is 24.8 Å². The van der Waals surface area contributed by atoms with E-state index in [1.165, 1.54) is 5.56 Å². The topological polar surface area (TPSA) is 33.3 Å². The smallest absolute Gasteiger partial charge is 0.121 e. The highest BCUT2D eigenvalue weighted by molar-refractivity contribution is 5.48. The molecule has 0 aliphatic rings. The van der Waals surface area contributed by atoms with Gasteiger partial charge in [0.25, 0.3) is 0 Å². The van der Waals surface area contributed by atoms with E-state index in [2.05, 4.69) is 60.0 Å². The third-order valence-electron chi connectivity index (χ3n) is 3.37. The van der Waals surface area contributed by atoms with E-state index in [0.29, 0.717) is 0 Å². The fourth-order valence-electron chi connectivity index (χ4n) is 2.21. The average Bonchev–Trinajstić information content (AvgIpc) is 2.57. The fourth-order valence-corrected chi connectivity index (χ4v) is 2.21. The summed E-state index contributed by atoms with van der Waals surface area (Å²) < 4.78 is 5.63. The summed E-state index contributed by atoms with van der Waals surface area (Å²) in [6.45, 7) is 5.75. The molecule has 0 saturated heterocycles. The van der Waals surface area contributed by atoms with Gasteiger partial charge in [0.05, 0.1) is 6.61 Å². The van der Waals surface area contributed by atoms with Gasteiger partial charge in [-0.15, -0.1) is 0 Å². The van der Waals surface area contributed by atoms with Crippen molar-refractivity contribution in [2.45, 2.75) is 19.8 Å². The molecule has 0 heterocycles. The highest BCUT2D eigenvalue weighted by Crippen LogP contribution is 2.17. The van der Waals surface area contributed by atoms with Crippen molar-refractivity contribution in [3.63, 3.8) is 0 Å². The number of hydrogen-bond acceptors (Lipinski definition) is 3. The second kappa shape index (κ2) is 9.85. The molecule has 0 unspecified atom stereocenters. The van der Waals surface area contributed by atoms with Gasteiger partial charge in [-0.1, -0.05) is 43.3 Å². The van der Waals surface area contributed by atoms with E-state index in [1.54, 1.807) is 0 Å². The van der Waals surface area contributed by atoms with E-state index < -0.39 is 0 Å². The molecule has 3 nitrogen and oxygen atoms in total. The van der Waals surface area contributed by atoms with Crippen molar-refractivity contribution in [3.05, 3.63) is 60.2 Å². The van der Waals surface area contributed by atoms with Crippen LogP contribution >= 0.6 is 0 Å². The normalized spacial score (nSPS) is 10.4. The number of ether oxygens (including phenoxy) is 1. The summed E-state index contributed by atoms with van der Waals surface area (Å²) in [6, 6.07) is 18.7. The Morgan fingerprint density at radius 3 is 2.59 bits per heavy atom. The molecule has 3 heteroatoms. The maximum atomic E-state index is 5.63. The summed E-state index contributed by atoms with van der Waals surface area (Å²) in [5.41, 5.74) is 2.49. The Kier molecular flexibility index (Phi) is 7.33. The Labute approximate surface area is 133 Å². The van der Waals surface area contributed by atoms with Gasteiger partial charge in [-0.3, -0.25) is 0 Å². The molecule has 22 heavy (non-hydrogen) atoms. The number of hydrogen-bond donors (Lipinski definition) is 2. The summed E-state index contributed by atoms with van der Waals surface area (Å²) in [5.74, 6) is 0.934. The first kappa shape index (κ1) is 16.4. The van der Waals surface area contributed by atoms with Gasteiger partial charge in [-0.2, -0.15) is 0 Å². The third kappa shape index (κ3) is 6.19. The predicted molar refractivity (Wildman–Crippen MR) is 93.7 cm³/mol. The van der Waals surface area contributed by atoms with Crippen LogP contribution in [0.3, 0.4) is 0 Å². The van der Waals surface area contributed by atoms with Crippen LogP contribution in [0.15, 0.2) is 54.6 Å². The maximum absolute atomic E-state index is 5.63. The first-order valence-corrected chi connectivity index (χ1v) is 8.10. The minimum absolute atomic E-state index is 0.768. The SMILES string of the molecule is CCCOc1cccc(NCCNCCc2ccccc2)c1. The molecule has 2 aromatic rings. The standard InChI is InChI=1S/C19H26N2O/c1-2-15-22-19-10-6-9-18(16-19)21-14-13-20-12-11-17-7-4-3-5-8-17/h3-10,16,20-21H,2,11-15H2,1H3. The third-order valence-corrected chi connectivity index (χ3v) is 3.37. The van der Waals surface area contributed by atoms with Gasteiger partial charge >= 0.3 is 0 Å². The van der Waals surface area contributed by atoms with Gasteiger partial charge in [-0.05, 0) is 37.1 Å². The van der Waals surface area contributed by atoms with Crippen LogP contribution in [-0.2, 0) is 6.42 Å². The van der Waals surface area contributed by atoms with Crippen LogP contribution in [-0.4, -0.2) is 26.2 Å². The summed E-state index contributed by atoms with van der Waals surface area (Å²) in [5, 5.41) is 6.88. The first-order chi connectivity index (χ1) is 10.9. The van der Waals surface area contributed by atoms with Crippen LogP contribution in [0.5, 0.6) is 5.75 Å². The molecular weight excluding hydrogens is 272 g/mol. The highest BCUT2D eigenvalue weighted by Gasteiger charge is 1.96. The molecule has 0 saturated carbocycles. The van der Waals surface area contributed by atoms with E-state index in [-0.39, 0.29) is 0 Å². The Balaban J connectivity index is 1.60. The molecule has 2 N–H and O–H groups in total. The Hall–Kier alpha value is -2.00. The summed E-state index contributed by atoms with van der Waals surface area (Å²) in [6.07, 6.45) is 2.10. The minimum Gasteiger partial charge on any atom is -0.494 e. The lowest BCUT2D eigenvalue weighted by atomic mass is 10.1. The van der Waals surface area contributed by atoms with Crippen molar-refractivity contribution in [3.8, 4) is 5.75 Å². The van der Waals surface area contributed by atoms with Crippen molar-refractivity contribution >= 4 is 5.69 Å². The second-order valence-electron chi connectivity index (χ2n) is 5.29. The van der Waals surface area contributed by atoms with E-state index in [1.807, 2.05) is 12.1 Å². The Morgan fingerprint density at radius 2 is 1.77 bits per heavy atom. The summed E-state index contributed by atoms with van der Waals surface area (Å²) in [7, 11) is 0. The van der Waals surface area contributed by atoms with Gasteiger partial charge in [0.1, 0.15) is 5.75 Å². The van der Waals surface area contributed by atoms with Crippen molar-refractivity contribution in [1.82, 2.24) is 5.32 Å². The summed E-state index contributed by atoms with van der Waals surface area (Å²) >= 11 is 0. The lowest BCUT2D eigenvalue weighted by Crippen LogP contribution is -2.24. The number of benzene rings is 2. The average molecular weight is 298 g/mol. The summed E-state index contributed by atoms with van der Waals surface area (Å²) in [4.78, 5) is 0. The first-order valence-electron chi connectivity index (χ1n) is 8.10. The number of rotatable bonds is 10. The largest absolute Gasteiger partial charge is 0.494 e. The van der Waals surface area contributed by atoms with E-state index >= 15 is 0 Å². The van der Waals surface area contributed by atoms with Gasteiger partial charge in [0.2, 0.25) is 0 Å². The van der Waals surface area contributed by atoms with Crippen LogP contribution in [0.1, 0.15) is 18.9 Å². The zero-order valence-corrected chi connectivity index (χ0v) is 13.3. The quantitative estimate of drug-likeness (QED) is 0.656. The molecule has 0 aliphatic heterocycles. The molecule has 0 amide bonds. The minimum atomic E-state index is 0.768. The van der Waals surface area contributed by atoms with Crippen LogP contribution in [0.2, 0.25) is 0 Å². The molecule has 2 aromatic carbocycles. The molecule has 0 fully saturated rings. The van der Waals surface area contributed by atoms with E-state index in [0.717, 1.165) is 50.5 Å². The van der Waals surface area contributed by atoms with Crippen molar-refractivity contribution < 1.29 is 4.74 Å². The predicted octanol–water partition coefficient (Wildman–Crippen LogP) is 3.72. The molecule has 0 bridgehead atoms. The molecule has 0 spiro atoms. The lowest BCUT2D eigenvalue weighted by molar-refractivity contribution is 0.317. The van der Waals surface area contributed by atoms with Gasteiger partial charge < -0.3 is 15.4 Å². The maximum Gasteiger partial charge on any atom is 0.121 e. The van der Waals surface area contributed by atoms with Gasteiger partial charge in [-0.25, -0.2) is 0 Å². The van der Waals surface area contributed by atoms with Crippen LogP contribution < -0.4 is 15.4 Å². The Bertz CT molecular complexity index is 528. The van der Waals surface area contributed by atoms with E-state index in [9.17, 15) is 0 Å². The van der Waals surface area contributed by atoms with Gasteiger partial charge in [0.15, 0.2) is 0 Å². The highest BCUT2D eigenvalue weighted by atomic mass is 16.5. The molecule has 0 aliphatic carbocycles. The molecule has 0 radical (unpaired) electrons. The van der Waals surface area contributed by atoms with Crippen LogP contribution in [0, 0.1) is 0 Å². The zero-order chi connectivity index (χ0) is 15.5. The van der Waals surface area contributed by atoms with Crippen molar-refractivity contribution in [2.24, 2.45) is 0 Å². The molecular formula is C19H26N2O. The molecule has 2 rings (SSSR count). The van der Waals surface area contributed by atoms with Crippen molar-refractivity contribution in [1.29, 1.82) is 0 Å². The van der Waals surface area contributed by atoms with Crippen LogP contribution in [0.25, 0.3) is 0 Å².